The fourth-order valence-electron chi connectivity index (χ4n) is 1.65. The number of hydrogen-bond acceptors (Lipinski definition) is 6. The Morgan fingerprint density at radius 1 is 1.35 bits per heavy atom. The fourth-order valence-corrected chi connectivity index (χ4v) is 2.19. The summed E-state index contributed by atoms with van der Waals surface area (Å²) in [5.41, 5.74) is -0.129. The number of ether oxygens (including phenoxy) is 2. The van der Waals surface area contributed by atoms with Gasteiger partial charge in [0.05, 0.1) is 12.0 Å². The van der Waals surface area contributed by atoms with Crippen molar-refractivity contribution >= 4 is 21.9 Å². The molecule has 9 heteroatoms. The van der Waals surface area contributed by atoms with Crippen molar-refractivity contribution in [2.45, 2.75) is 31.2 Å². The summed E-state index contributed by atoms with van der Waals surface area (Å²) in [6, 6.07) is 3.50. The molecule has 128 valence electrons. The van der Waals surface area contributed by atoms with Gasteiger partial charge >= 0.3 is 5.97 Å². The molecule has 1 aromatic carbocycles. The summed E-state index contributed by atoms with van der Waals surface area (Å²) < 4.78 is 32.6. The number of nitrogens with two attached hydrogens (primary N) is 1. The zero-order valence-corrected chi connectivity index (χ0v) is 14.0. The third-order valence-electron chi connectivity index (χ3n) is 3.07. The average molecular weight is 344 g/mol. The van der Waals surface area contributed by atoms with E-state index in [1.54, 1.807) is 0 Å². The monoisotopic (exact) mass is 344 g/mol. The molecule has 0 aliphatic carbocycles. The van der Waals surface area contributed by atoms with Gasteiger partial charge in [0.25, 0.3) is 5.91 Å². The zero-order valence-electron chi connectivity index (χ0n) is 13.2. The van der Waals surface area contributed by atoms with Crippen LogP contribution in [-0.4, -0.2) is 40.1 Å². The molecule has 1 aromatic rings. The summed E-state index contributed by atoms with van der Waals surface area (Å²) in [4.78, 5) is 23.4. The van der Waals surface area contributed by atoms with E-state index in [9.17, 15) is 18.0 Å². The molecular weight excluding hydrogens is 324 g/mol. The summed E-state index contributed by atoms with van der Waals surface area (Å²) in [7, 11) is -2.66. The van der Waals surface area contributed by atoms with Crippen molar-refractivity contribution in [3.05, 3.63) is 23.8 Å². The van der Waals surface area contributed by atoms with Crippen molar-refractivity contribution in [3.8, 4) is 5.75 Å². The first kappa shape index (κ1) is 18.9. The summed E-state index contributed by atoms with van der Waals surface area (Å²) >= 11 is 0. The van der Waals surface area contributed by atoms with Crippen LogP contribution in [0.4, 0.5) is 0 Å². The van der Waals surface area contributed by atoms with E-state index in [0.29, 0.717) is 0 Å². The number of hydrogen-bond donors (Lipinski definition) is 2. The highest BCUT2D eigenvalue weighted by Gasteiger charge is 2.19. The predicted molar refractivity (Wildman–Crippen MR) is 82.5 cm³/mol. The van der Waals surface area contributed by atoms with Gasteiger partial charge < -0.3 is 14.8 Å². The first-order valence-electron chi connectivity index (χ1n) is 6.86. The van der Waals surface area contributed by atoms with Crippen LogP contribution in [-0.2, 0) is 19.6 Å². The number of carbonyl (C=O) groups excluding carboxylic acids is 2. The Hall–Kier alpha value is -2.13. The average Bonchev–Trinajstić information content (AvgIpc) is 2.50. The van der Waals surface area contributed by atoms with E-state index in [1.165, 1.54) is 19.2 Å². The van der Waals surface area contributed by atoms with Gasteiger partial charge in [-0.05, 0) is 31.5 Å². The molecule has 3 N–H and O–H groups in total. The summed E-state index contributed by atoms with van der Waals surface area (Å²) in [5.74, 6) is -1.22. The van der Waals surface area contributed by atoms with Crippen LogP contribution in [0.25, 0.3) is 0 Å². The van der Waals surface area contributed by atoms with Crippen LogP contribution < -0.4 is 15.2 Å². The van der Waals surface area contributed by atoms with Gasteiger partial charge in [0, 0.05) is 6.04 Å². The number of amides is 1. The smallest absolute Gasteiger partial charge is 0.342 e. The highest BCUT2D eigenvalue weighted by atomic mass is 32.2. The number of esters is 1. The molecule has 0 heterocycles. The molecule has 1 rings (SSSR count). The second-order valence-electron chi connectivity index (χ2n) is 4.86. The molecule has 0 aliphatic rings. The molecule has 0 radical (unpaired) electrons. The van der Waals surface area contributed by atoms with E-state index in [-0.39, 0.29) is 22.3 Å². The summed E-state index contributed by atoms with van der Waals surface area (Å²) in [6.07, 6.45) is 0.740. The molecule has 23 heavy (non-hydrogen) atoms. The lowest BCUT2D eigenvalue weighted by Crippen LogP contribution is -2.35. The van der Waals surface area contributed by atoms with Gasteiger partial charge in [0.1, 0.15) is 11.3 Å². The zero-order chi connectivity index (χ0) is 17.6. The molecule has 1 atom stereocenters. The molecule has 0 unspecified atom stereocenters. The van der Waals surface area contributed by atoms with Crippen LogP contribution in [0.15, 0.2) is 23.1 Å². The van der Waals surface area contributed by atoms with Gasteiger partial charge in [-0.25, -0.2) is 18.4 Å². The number of benzene rings is 1. The molecule has 0 spiro atoms. The number of carbonyl (C=O) groups is 2. The van der Waals surface area contributed by atoms with E-state index in [1.807, 2.05) is 13.8 Å². The van der Waals surface area contributed by atoms with Crippen molar-refractivity contribution in [2.75, 3.05) is 13.7 Å². The molecule has 0 bridgehead atoms. The first-order chi connectivity index (χ1) is 10.7. The van der Waals surface area contributed by atoms with Gasteiger partial charge in [-0.2, -0.15) is 0 Å². The van der Waals surface area contributed by atoms with Gasteiger partial charge in [0.15, 0.2) is 6.61 Å². The second-order valence-corrected chi connectivity index (χ2v) is 6.42. The van der Waals surface area contributed by atoms with Crippen LogP contribution in [0.2, 0.25) is 0 Å². The number of sulfonamides is 1. The standard InChI is InChI=1S/C14H20N2O6S/c1-4-9(2)16-13(17)8-22-14(18)11-7-10(23(15,19)20)5-6-12(11)21-3/h5-7,9H,4,8H2,1-3H3,(H,16,17)(H2,15,19,20)/t9-/m0/s1. The molecule has 0 aromatic heterocycles. The van der Waals surface area contributed by atoms with Crippen molar-refractivity contribution in [1.29, 1.82) is 0 Å². The highest BCUT2D eigenvalue weighted by Crippen LogP contribution is 2.22. The van der Waals surface area contributed by atoms with Crippen LogP contribution in [0, 0.1) is 0 Å². The lowest BCUT2D eigenvalue weighted by molar-refractivity contribution is -0.124. The molecular formula is C14H20N2O6S. The Labute approximate surface area is 135 Å². The molecule has 1 amide bonds. The van der Waals surface area contributed by atoms with Gasteiger partial charge in [-0.15, -0.1) is 0 Å². The van der Waals surface area contributed by atoms with Crippen molar-refractivity contribution < 1.29 is 27.5 Å². The minimum absolute atomic E-state index is 0.0403. The SMILES string of the molecule is CC[C@H](C)NC(=O)COC(=O)c1cc(S(N)(=O)=O)ccc1OC. The number of methoxy groups -OCH3 is 1. The third-order valence-corrected chi connectivity index (χ3v) is 3.98. The van der Waals surface area contributed by atoms with E-state index in [4.69, 9.17) is 14.6 Å². The third kappa shape index (κ3) is 5.53. The maximum absolute atomic E-state index is 12.0. The van der Waals surface area contributed by atoms with E-state index in [2.05, 4.69) is 5.32 Å². The molecule has 0 aliphatic heterocycles. The van der Waals surface area contributed by atoms with Gasteiger partial charge in [0.2, 0.25) is 10.0 Å². The summed E-state index contributed by atoms with van der Waals surface area (Å²) in [6.45, 7) is 3.24. The normalized spacial score (nSPS) is 12.3. The van der Waals surface area contributed by atoms with Crippen LogP contribution >= 0.6 is 0 Å². The Balaban J connectivity index is 2.88. The van der Waals surface area contributed by atoms with Crippen LogP contribution in [0.1, 0.15) is 30.6 Å². The number of nitrogens with one attached hydrogen (secondary N) is 1. The second kappa shape index (κ2) is 7.93. The molecule has 8 nitrogen and oxygen atoms in total. The largest absolute Gasteiger partial charge is 0.496 e. The Morgan fingerprint density at radius 3 is 2.52 bits per heavy atom. The minimum Gasteiger partial charge on any atom is -0.496 e. The van der Waals surface area contributed by atoms with Crippen molar-refractivity contribution in [2.24, 2.45) is 5.14 Å². The Kier molecular flexibility index (Phi) is 6.52. The lowest BCUT2D eigenvalue weighted by Gasteiger charge is -2.12. The highest BCUT2D eigenvalue weighted by molar-refractivity contribution is 7.89. The van der Waals surface area contributed by atoms with E-state index in [0.717, 1.165) is 12.5 Å². The molecule has 0 saturated carbocycles. The molecule has 0 saturated heterocycles. The number of primary sulfonamides is 1. The lowest BCUT2D eigenvalue weighted by atomic mass is 10.2. The van der Waals surface area contributed by atoms with E-state index >= 15 is 0 Å². The molecule has 0 fully saturated rings. The minimum atomic E-state index is -3.98. The number of rotatable bonds is 7. The van der Waals surface area contributed by atoms with Crippen LogP contribution in [0.5, 0.6) is 5.75 Å². The maximum Gasteiger partial charge on any atom is 0.342 e. The Bertz CT molecular complexity index is 687. The Morgan fingerprint density at radius 2 is 2.00 bits per heavy atom. The quantitative estimate of drug-likeness (QED) is 0.690. The first-order valence-corrected chi connectivity index (χ1v) is 8.41. The van der Waals surface area contributed by atoms with Gasteiger partial charge in [-0.1, -0.05) is 6.92 Å². The van der Waals surface area contributed by atoms with Crippen molar-refractivity contribution in [1.82, 2.24) is 5.32 Å². The summed E-state index contributed by atoms with van der Waals surface area (Å²) in [5, 5.41) is 7.66. The topological polar surface area (TPSA) is 125 Å². The fraction of sp³-hybridized carbons (Fsp3) is 0.429. The predicted octanol–water partition coefficient (Wildman–Crippen LogP) is 0.414. The van der Waals surface area contributed by atoms with E-state index < -0.39 is 28.5 Å². The maximum atomic E-state index is 12.0. The van der Waals surface area contributed by atoms with Crippen LogP contribution in [0.3, 0.4) is 0 Å². The van der Waals surface area contributed by atoms with Gasteiger partial charge in [-0.3, -0.25) is 4.79 Å². The van der Waals surface area contributed by atoms with Crippen molar-refractivity contribution in [3.63, 3.8) is 0 Å².